The van der Waals surface area contributed by atoms with Crippen molar-refractivity contribution in [1.29, 1.82) is 0 Å². The van der Waals surface area contributed by atoms with Crippen molar-refractivity contribution in [2.45, 2.75) is 12.6 Å². The second kappa shape index (κ2) is 8.10. The van der Waals surface area contributed by atoms with E-state index in [0.717, 1.165) is 86.8 Å². The molecule has 0 aliphatic carbocycles. The molecule has 10 heteroatoms. The summed E-state index contributed by atoms with van der Waals surface area (Å²) < 4.78 is 11.6. The van der Waals surface area contributed by atoms with E-state index in [1.807, 2.05) is 6.20 Å². The fourth-order valence-electron chi connectivity index (χ4n) is 4.63. The van der Waals surface area contributed by atoms with Gasteiger partial charge in [-0.15, -0.1) is 0 Å². The molecule has 0 amide bonds. The van der Waals surface area contributed by atoms with E-state index in [9.17, 15) is 0 Å². The van der Waals surface area contributed by atoms with Gasteiger partial charge in [0.25, 0.3) is 0 Å². The molecule has 0 atom stereocenters. The molecule has 0 aromatic carbocycles. The normalized spacial score (nSPS) is 21.9. The highest BCUT2D eigenvalue weighted by atomic mass is 16.5. The molecule has 31 heavy (non-hydrogen) atoms. The molecule has 0 radical (unpaired) electrons. The van der Waals surface area contributed by atoms with Gasteiger partial charge in [0.15, 0.2) is 5.75 Å². The fourth-order valence-corrected chi connectivity index (χ4v) is 4.63. The second-order valence-electron chi connectivity index (χ2n) is 8.41. The third-order valence-electron chi connectivity index (χ3n) is 6.63. The van der Waals surface area contributed by atoms with Gasteiger partial charge in [-0.25, -0.2) is 15.0 Å². The lowest BCUT2D eigenvalue weighted by molar-refractivity contribution is 0.122. The zero-order valence-electron chi connectivity index (χ0n) is 17.6. The first-order valence-electron chi connectivity index (χ1n) is 11.1. The van der Waals surface area contributed by atoms with Crippen LogP contribution >= 0.6 is 0 Å². The molecule has 2 aromatic heterocycles. The maximum absolute atomic E-state index is 6.12. The first kappa shape index (κ1) is 19.0. The monoisotopic (exact) mass is 424 g/mol. The highest BCUT2D eigenvalue weighted by Gasteiger charge is 2.29. The van der Waals surface area contributed by atoms with Gasteiger partial charge in [-0.3, -0.25) is 4.90 Å². The van der Waals surface area contributed by atoms with Crippen LogP contribution in [0.5, 0.6) is 5.75 Å². The van der Waals surface area contributed by atoms with Gasteiger partial charge >= 0.3 is 0 Å². The van der Waals surface area contributed by atoms with Crippen molar-refractivity contribution >= 4 is 23.1 Å². The summed E-state index contributed by atoms with van der Waals surface area (Å²) in [5.41, 5.74) is 1.88. The van der Waals surface area contributed by atoms with E-state index in [-0.39, 0.29) is 0 Å². The Morgan fingerprint density at radius 1 is 0.935 bits per heavy atom. The summed E-state index contributed by atoms with van der Waals surface area (Å²) in [5, 5.41) is 6.85. The van der Waals surface area contributed by atoms with Crippen LogP contribution in [0.4, 0.5) is 23.1 Å². The van der Waals surface area contributed by atoms with E-state index in [4.69, 9.17) is 14.5 Å². The minimum Gasteiger partial charge on any atom is -0.485 e. The van der Waals surface area contributed by atoms with Crippen molar-refractivity contribution in [2.24, 2.45) is 0 Å². The molecule has 2 N–H and O–H groups in total. The van der Waals surface area contributed by atoms with Gasteiger partial charge in [0.1, 0.15) is 30.4 Å². The van der Waals surface area contributed by atoms with Crippen molar-refractivity contribution in [1.82, 2.24) is 25.2 Å². The number of morpholine rings is 1. The fraction of sp³-hybridized carbons (Fsp3) is 0.571. The Bertz CT molecular complexity index is 939. The summed E-state index contributed by atoms with van der Waals surface area (Å²) >= 11 is 0. The number of pyridine rings is 1. The van der Waals surface area contributed by atoms with Crippen LogP contribution in [0, 0.1) is 0 Å². The number of fused-ring (bicyclic) bond motifs is 2. The number of piperazine rings is 1. The van der Waals surface area contributed by atoms with Crippen LogP contribution in [0.2, 0.25) is 0 Å². The lowest BCUT2D eigenvalue weighted by Gasteiger charge is -2.43. The van der Waals surface area contributed by atoms with Crippen LogP contribution in [0.25, 0.3) is 0 Å². The van der Waals surface area contributed by atoms with Crippen LogP contribution in [0.1, 0.15) is 5.56 Å². The quantitative estimate of drug-likeness (QED) is 0.723. The topological polar surface area (TPSA) is 90.9 Å². The predicted molar refractivity (Wildman–Crippen MR) is 117 cm³/mol. The van der Waals surface area contributed by atoms with Crippen LogP contribution in [0.3, 0.4) is 0 Å². The van der Waals surface area contributed by atoms with Crippen molar-refractivity contribution < 1.29 is 9.47 Å². The van der Waals surface area contributed by atoms with E-state index in [1.165, 1.54) is 0 Å². The SMILES string of the molecule is c1nc2c(c(N3CCOCC3)n1)COc1cnc(N3CCN(C4CNC4)CC3)cc1N2. The Balaban J connectivity index is 1.21. The number of hydrogen-bond acceptors (Lipinski definition) is 10. The number of nitrogens with one attached hydrogen (secondary N) is 2. The molecule has 6 rings (SSSR count). The van der Waals surface area contributed by atoms with Gasteiger partial charge in [-0.05, 0) is 0 Å². The first-order chi connectivity index (χ1) is 15.3. The third kappa shape index (κ3) is 3.64. The van der Waals surface area contributed by atoms with Crippen molar-refractivity contribution in [3.8, 4) is 5.75 Å². The lowest BCUT2D eigenvalue weighted by Crippen LogP contribution is -2.61. The molecule has 164 valence electrons. The molecule has 3 saturated heterocycles. The first-order valence-corrected chi connectivity index (χ1v) is 11.1. The molecule has 4 aliphatic rings. The Morgan fingerprint density at radius 3 is 2.55 bits per heavy atom. The molecule has 6 heterocycles. The third-order valence-corrected chi connectivity index (χ3v) is 6.63. The smallest absolute Gasteiger partial charge is 0.161 e. The Labute approximate surface area is 181 Å². The molecule has 0 bridgehead atoms. The number of nitrogens with zero attached hydrogens (tertiary/aromatic N) is 6. The van der Waals surface area contributed by atoms with Crippen LogP contribution in [0.15, 0.2) is 18.6 Å². The van der Waals surface area contributed by atoms with Crippen molar-refractivity contribution in [2.75, 3.05) is 80.7 Å². The zero-order chi connectivity index (χ0) is 20.6. The largest absolute Gasteiger partial charge is 0.485 e. The molecule has 2 aromatic rings. The van der Waals surface area contributed by atoms with E-state index >= 15 is 0 Å². The number of aromatic nitrogens is 3. The minimum absolute atomic E-state index is 0.415. The number of anilines is 4. The molecule has 3 fully saturated rings. The second-order valence-corrected chi connectivity index (χ2v) is 8.41. The average molecular weight is 425 g/mol. The molecule has 0 saturated carbocycles. The van der Waals surface area contributed by atoms with Crippen LogP contribution in [-0.2, 0) is 11.3 Å². The van der Waals surface area contributed by atoms with Gasteiger partial charge in [-0.1, -0.05) is 0 Å². The summed E-state index contributed by atoms with van der Waals surface area (Å²) in [7, 11) is 0. The van der Waals surface area contributed by atoms with E-state index < -0.39 is 0 Å². The summed E-state index contributed by atoms with van der Waals surface area (Å²) in [4.78, 5) is 20.9. The molecule has 4 aliphatic heterocycles. The lowest BCUT2D eigenvalue weighted by atomic mass is 10.1. The molecular formula is C21H28N8O2. The average Bonchev–Trinajstić information content (AvgIpc) is 2.97. The van der Waals surface area contributed by atoms with E-state index in [0.29, 0.717) is 25.9 Å². The molecule has 10 nitrogen and oxygen atoms in total. The standard InChI is InChI=1S/C21H28N8O2/c1-3-28(4-2-27(1)15-10-22-11-15)19-9-17-18(12-23-19)31-13-16-20(26-17)24-14-25-21(16)29-5-7-30-8-6-29/h9,12,14-15,22H,1-8,10-11,13H2,(H,24,25,26). The van der Waals surface area contributed by atoms with Crippen molar-refractivity contribution in [3.05, 3.63) is 24.2 Å². The van der Waals surface area contributed by atoms with Crippen LogP contribution < -0.4 is 25.2 Å². The Hall–Kier alpha value is -2.69. The van der Waals surface area contributed by atoms with Crippen molar-refractivity contribution in [3.63, 3.8) is 0 Å². The Kier molecular flexibility index (Phi) is 4.97. The highest BCUT2D eigenvalue weighted by Crippen LogP contribution is 2.37. The van der Waals surface area contributed by atoms with Gasteiger partial charge in [0, 0.05) is 64.5 Å². The summed E-state index contributed by atoms with van der Waals surface area (Å²) in [6.07, 6.45) is 3.45. The van der Waals surface area contributed by atoms with Crippen LogP contribution in [-0.4, -0.2) is 91.5 Å². The van der Waals surface area contributed by atoms with Gasteiger partial charge in [0.2, 0.25) is 0 Å². The van der Waals surface area contributed by atoms with E-state index in [2.05, 4.69) is 41.4 Å². The van der Waals surface area contributed by atoms with E-state index in [1.54, 1.807) is 6.33 Å². The predicted octanol–water partition coefficient (Wildman–Crippen LogP) is 0.438. The number of ether oxygens (including phenoxy) is 2. The van der Waals surface area contributed by atoms with Gasteiger partial charge in [0.05, 0.1) is 30.7 Å². The highest BCUT2D eigenvalue weighted by molar-refractivity contribution is 5.73. The molecular weight excluding hydrogens is 396 g/mol. The summed E-state index contributed by atoms with van der Waals surface area (Å²) in [5.74, 6) is 3.44. The van der Waals surface area contributed by atoms with Gasteiger partial charge < -0.3 is 29.9 Å². The Morgan fingerprint density at radius 2 is 1.77 bits per heavy atom. The number of rotatable bonds is 3. The minimum atomic E-state index is 0.415. The maximum atomic E-state index is 6.12. The summed E-state index contributed by atoms with van der Waals surface area (Å²) in [6.45, 7) is 9.86. The maximum Gasteiger partial charge on any atom is 0.161 e. The van der Waals surface area contributed by atoms with Gasteiger partial charge in [-0.2, -0.15) is 0 Å². The molecule has 0 spiro atoms. The summed E-state index contributed by atoms with van der Waals surface area (Å²) in [6, 6.07) is 2.79. The zero-order valence-corrected chi connectivity index (χ0v) is 17.6. The molecule has 0 unspecified atom stereocenters. The number of hydrogen-bond donors (Lipinski definition) is 2.